The van der Waals surface area contributed by atoms with Crippen molar-refractivity contribution in [2.75, 3.05) is 13.1 Å². The Morgan fingerprint density at radius 2 is 1.70 bits per heavy atom. The zero-order valence-electron chi connectivity index (χ0n) is 12.7. The molecule has 0 saturated carbocycles. The molecule has 1 aliphatic rings. The molecule has 2 rings (SSSR count). The Morgan fingerprint density at radius 1 is 1.15 bits per heavy atom. The fraction of sp³-hybridized carbons (Fsp3) is 0.647. The van der Waals surface area contributed by atoms with Crippen LogP contribution in [0.1, 0.15) is 51.5 Å². The van der Waals surface area contributed by atoms with Gasteiger partial charge in [-0.15, -0.1) is 0 Å². The molecule has 3 heteroatoms. The van der Waals surface area contributed by atoms with Crippen LogP contribution in [0, 0.1) is 0 Å². The van der Waals surface area contributed by atoms with Crippen LogP contribution in [0.25, 0.3) is 0 Å². The second-order valence-corrected chi connectivity index (χ2v) is 6.46. The number of hydrogen-bond donors (Lipinski definition) is 1. The van der Waals surface area contributed by atoms with Crippen molar-refractivity contribution in [3.05, 3.63) is 34.9 Å². The maximum atomic E-state index is 6.81. The highest BCUT2D eigenvalue weighted by Gasteiger charge is 2.35. The minimum absolute atomic E-state index is 0.297. The first-order chi connectivity index (χ1) is 9.58. The molecule has 0 bridgehead atoms. The molecule has 2 unspecified atom stereocenters. The molecule has 1 aromatic rings. The van der Waals surface area contributed by atoms with E-state index in [2.05, 4.69) is 30.9 Å². The number of rotatable bonds is 4. The van der Waals surface area contributed by atoms with Gasteiger partial charge in [0.05, 0.1) is 5.54 Å². The quantitative estimate of drug-likeness (QED) is 0.903. The summed E-state index contributed by atoms with van der Waals surface area (Å²) in [5.74, 6) is 0. The average molecular weight is 295 g/mol. The molecule has 1 aromatic carbocycles. The molecular formula is C17H27ClN2. The van der Waals surface area contributed by atoms with E-state index < -0.39 is 0 Å². The standard InChI is InChI=1S/C17H27ClN2/c1-3-17(19,15-8-10-16(18)11-9-15)14(2)20-12-6-4-5-7-13-20/h8-11,14H,3-7,12-13,19H2,1-2H3. The highest BCUT2D eigenvalue weighted by Crippen LogP contribution is 2.31. The monoisotopic (exact) mass is 294 g/mol. The van der Waals surface area contributed by atoms with Crippen LogP contribution >= 0.6 is 11.6 Å². The molecule has 1 saturated heterocycles. The molecule has 2 nitrogen and oxygen atoms in total. The highest BCUT2D eigenvalue weighted by molar-refractivity contribution is 6.30. The molecule has 0 aromatic heterocycles. The van der Waals surface area contributed by atoms with Crippen LogP contribution in [0.4, 0.5) is 0 Å². The average Bonchev–Trinajstić information content (AvgIpc) is 2.75. The van der Waals surface area contributed by atoms with E-state index in [1.54, 1.807) is 0 Å². The molecule has 20 heavy (non-hydrogen) atoms. The normalized spacial score (nSPS) is 22.0. The summed E-state index contributed by atoms with van der Waals surface area (Å²) in [6.45, 7) is 6.81. The molecular weight excluding hydrogens is 268 g/mol. The topological polar surface area (TPSA) is 29.3 Å². The summed E-state index contributed by atoms with van der Waals surface area (Å²) >= 11 is 6.00. The SMILES string of the molecule is CCC(N)(c1ccc(Cl)cc1)C(C)N1CCCCCC1. The first-order valence-electron chi connectivity index (χ1n) is 7.87. The van der Waals surface area contributed by atoms with Crippen LogP contribution in [0.5, 0.6) is 0 Å². The minimum atomic E-state index is -0.297. The summed E-state index contributed by atoms with van der Waals surface area (Å²) in [7, 11) is 0. The third-order valence-corrected chi connectivity index (χ3v) is 5.15. The van der Waals surface area contributed by atoms with Crippen LogP contribution in [0.15, 0.2) is 24.3 Å². The molecule has 0 aliphatic carbocycles. The van der Waals surface area contributed by atoms with Crippen molar-refractivity contribution in [2.24, 2.45) is 5.73 Å². The number of nitrogens with two attached hydrogens (primary N) is 1. The van der Waals surface area contributed by atoms with Gasteiger partial charge in [-0.25, -0.2) is 0 Å². The van der Waals surface area contributed by atoms with Crippen molar-refractivity contribution in [1.29, 1.82) is 0 Å². The fourth-order valence-electron chi connectivity index (χ4n) is 3.31. The van der Waals surface area contributed by atoms with Gasteiger partial charge in [-0.1, -0.05) is 43.5 Å². The van der Waals surface area contributed by atoms with Crippen LogP contribution in [-0.2, 0) is 5.54 Å². The Balaban J connectivity index is 2.21. The highest BCUT2D eigenvalue weighted by atomic mass is 35.5. The molecule has 2 atom stereocenters. The van der Waals surface area contributed by atoms with Gasteiger partial charge in [0.1, 0.15) is 0 Å². The Morgan fingerprint density at radius 3 is 2.20 bits per heavy atom. The Kier molecular flexibility index (Phi) is 5.48. The smallest absolute Gasteiger partial charge is 0.0561 e. The number of halogens is 1. The summed E-state index contributed by atoms with van der Waals surface area (Å²) in [4.78, 5) is 2.57. The maximum absolute atomic E-state index is 6.81. The van der Waals surface area contributed by atoms with Crippen LogP contribution in [0.3, 0.4) is 0 Å². The van der Waals surface area contributed by atoms with Crippen molar-refractivity contribution >= 4 is 11.6 Å². The minimum Gasteiger partial charge on any atom is -0.320 e. The Bertz CT molecular complexity index is 410. The van der Waals surface area contributed by atoms with Gasteiger partial charge >= 0.3 is 0 Å². The van der Waals surface area contributed by atoms with E-state index in [0.29, 0.717) is 6.04 Å². The zero-order chi connectivity index (χ0) is 14.6. The predicted octanol–water partition coefficient (Wildman–Crippen LogP) is 4.17. The Hall–Kier alpha value is -0.570. The van der Waals surface area contributed by atoms with E-state index in [-0.39, 0.29) is 5.54 Å². The van der Waals surface area contributed by atoms with Crippen LogP contribution in [-0.4, -0.2) is 24.0 Å². The van der Waals surface area contributed by atoms with E-state index in [1.165, 1.54) is 44.3 Å². The number of benzene rings is 1. The van der Waals surface area contributed by atoms with Gasteiger partial charge in [0.25, 0.3) is 0 Å². The summed E-state index contributed by atoms with van der Waals surface area (Å²) < 4.78 is 0. The van der Waals surface area contributed by atoms with Crippen molar-refractivity contribution in [3.8, 4) is 0 Å². The third kappa shape index (κ3) is 3.36. The molecule has 0 radical (unpaired) electrons. The van der Waals surface area contributed by atoms with Gasteiger partial charge in [0.15, 0.2) is 0 Å². The molecule has 1 fully saturated rings. The third-order valence-electron chi connectivity index (χ3n) is 4.90. The largest absolute Gasteiger partial charge is 0.320 e. The Labute approximate surface area is 128 Å². The van der Waals surface area contributed by atoms with Crippen molar-refractivity contribution in [1.82, 2.24) is 4.90 Å². The molecule has 112 valence electrons. The van der Waals surface area contributed by atoms with Gasteiger partial charge < -0.3 is 5.73 Å². The lowest BCUT2D eigenvalue weighted by atomic mass is 9.81. The first-order valence-corrected chi connectivity index (χ1v) is 8.24. The van der Waals surface area contributed by atoms with Crippen molar-refractivity contribution in [3.63, 3.8) is 0 Å². The molecule has 0 spiro atoms. The number of hydrogen-bond acceptors (Lipinski definition) is 2. The molecule has 2 N–H and O–H groups in total. The summed E-state index contributed by atoms with van der Waals surface area (Å²) in [6.07, 6.45) is 6.24. The zero-order valence-corrected chi connectivity index (χ0v) is 13.5. The summed E-state index contributed by atoms with van der Waals surface area (Å²) in [6, 6.07) is 8.42. The molecule has 0 amide bonds. The van der Waals surface area contributed by atoms with E-state index in [0.717, 1.165) is 11.4 Å². The second kappa shape index (κ2) is 6.93. The first kappa shape index (κ1) is 15.8. The van der Waals surface area contributed by atoms with Gasteiger partial charge in [0.2, 0.25) is 0 Å². The lowest BCUT2D eigenvalue weighted by Gasteiger charge is -2.42. The summed E-state index contributed by atoms with van der Waals surface area (Å²) in [5.41, 5.74) is 7.71. The van der Waals surface area contributed by atoms with Crippen LogP contribution in [0.2, 0.25) is 5.02 Å². The summed E-state index contributed by atoms with van der Waals surface area (Å²) in [5, 5.41) is 0.773. The van der Waals surface area contributed by atoms with Gasteiger partial charge in [-0.2, -0.15) is 0 Å². The molecule has 1 heterocycles. The van der Waals surface area contributed by atoms with E-state index >= 15 is 0 Å². The second-order valence-electron chi connectivity index (χ2n) is 6.03. The van der Waals surface area contributed by atoms with Gasteiger partial charge in [-0.05, 0) is 57.0 Å². The fourth-order valence-corrected chi connectivity index (χ4v) is 3.44. The number of likely N-dealkylation sites (tertiary alicyclic amines) is 1. The van der Waals surface area contributed by atoms with Crippen molar-refractivity contribution < 1.29 is 0 Å². The maximum Gasteiger partial charge on any atom is 0.0561 e. The van der Waals surface area contributed by atoms with Gasteiger partial charge in [-0.3, -0.25) is 4.90 Å². The van der Waals surface area contributed by atoms with Crippen molar-refractivity contribution in [2.45, 2.75) is 57.5 Å². The lowest BCUT2D eigenvalue weighted by Crippen LogP contribution is -2.54. The molecule has 1 aliphatic heterocycles. The van der Waals surface area contributed by atoms with Gasteiger partial charge in [0, 0.05) is 11.1 Å². The van der Waals surface area contributed by atoms with E-state index in [9.17, 15) is 0 Å². The predicted molar refractivity (Wildman–Crippen MR) is 87.1 cm³/mol. The lowest BCUT2D eigenvalue weighted by molar-refractivity contribution is 0.131. The van der Waals surface area contributed by atoms with E-state index in [1.807, 2.05) is 12.1 Å². The van der Waals surface area contributed by atoms with Crippen LogP contribution < -0.4 is 5.73 Å². The van der Waals surface area contributed by atoms with E-state index in [4.69, 9.17) is 17.3 Å². The number of nitrogens with zero attached hydrogens (tertiary/aromatic N) is 1.